The van der Waals surface area contributed by atoms with Crippen LogP contribution in [0.5, 0.6) is 0 Å². The molecule has 3 aromatic rings. The minimum absolute atomic E-state index is 0.00411. The lowest BCUT2D eigenvalue weighted by Crippen LogP contribution is -2.17. The van der Waals surface area contributed by atoms with Gasteiger partial charge in [-0.25, -0.2) is 4.39 Å². The number of nitrogens with zero attached hydrogens (tertiary/aromatic N) is 2. The van der Waals surface area contributed by atoms with Crippen molar-refractivity contribution in [3.8, 4) is 11.3 Å². The number of nitrogens with two attached hydrogens (primary N) is 1. The standard InChI is InChI=1S/C18H18FN3/c1-22-18(11-17(21-22)14-5-3-2-4-6-14)16(12-20)13-7-9-15(19)10-8-13/h2-11,16H,12,20H2,1H3. The van der Waals surface area contributed by atoms with Crippen LogP contribution >= 0.6 is 0 Å². The maximum atomic E-state index is 13.1. The summed E-state index contributed by atoms with van der Waals surface area (Å²) in [7, 11) is 1.91. The monoisotopic (exact) mass is 295 g/mol. The Labute approximate surface area is 129 Å². The molecular weight excluding hydrogens is 277 g/mol. The van der Waals surface area contributed by atoms with Gasteiger partial charge in [0.1, 0.15) is 5.82 Å². The van der Waals surface area contributed by atoms with Crippen molar-refractivity contribution in [3.05, 3.63) is 77.7 Å². The second kappa shape index (κ2) is 6.12. The van der Waals surface area contributed by atoms with Crippen LogP contribution in [-0.2, 0) is 7.05 Å². The lowest BCUT2D eigenvalue weighted by molar-refractivity contribution is 0.624. The van der Waals surface area contributed by atoms with Gasteiger partial charge in [-0.15, -0.1) is 0 Å². The van der Waals surface area contributed by atoms with E-state index in [0.717, 1.165) is 22.5 Å². The summed E-state index contributed by atoms with van der Waals surface area (Å²) in [6.45, 7) is 0.444. The van der Waals surface area contributed by atoms with Crippen LogP contribution in [0.4, 0.5) is 4.39 Å². The summed E-state index contributed by atoms with van der Waals surface area (Å²) in [6, 6.07) is 18.6. The number of hydrogen-bond acceptors (Lipinski definition) is 2. The molecule has 0 amide bonds. The van der Waals surface area contributed by atoms with E-state index in [1.165, 1.54) is 12.1 Å². The van der Waals surface area contributed by atoms with Gasteiger partial charge < -0.3 is 5.73 Å². The van der Waals surface area contributed by atoms with Gasteiger partial charge in [-0.05, 0) is 23.8 Å². The van der Waals surface area contributed by atoms with Gasteiger partial charge in [0.25, 0.3) is 0 Å². The van der Waals surface area contributed by atoms with E-state index in [1.54, 1.807) is 12.1 Å². The lowest BCUT2D eigenvalue weighted by Gasteiger charge is -2.15. The summed E-state index contributed by atoms with van der Waals surface area (Å²) in [6.07, 6.45) is 0. The van der Waals surface area contributed by atoms with Crippen LogP contribution in [0, 0.1) is 5.82 Å². The van der Waals surface area contributed by atoms with Crippen LogP contribution in [0.1, 0.15) is 17.2 Å². The first-order chi connectivity index (χ1) is 10.7. The average Bonchev–Trinajstić information content (AvgIpc) is 2.93. The Morgan fingerprint density at radius 1 is 1.09 bits per heavy atom. The van der Waals surface area contributed by atoms with E-state index in [9.17, 15) is 4.39 Å². The fraction of sp³-hybridized carbons (Fsp3) is 0.167. The Bertz CT molecular complexity index is 748. The van der Waals surface area contributed by atoms with Gasteiger partial charge in [-0.2, -0.15) is 5.10 Å². The molecule has 1 atom stereocenters. The molecule has 22 heavy (non-hydrogen) atoms. The van der Waals surface area contributed by atoms with Crippen LogP contribution in [-0.4, -0.2) is 16.3 Å². The van der Waals surface area contributed by atoms with Crippen molar-refractivity contribution in [1.29, 1.82) is 0 Å². The van der Waals surface area contributed by atoms with E-state index < -0.39 is 0 Å². The average molecular weight is 295 g/mol. The molecule has 2 N–H and O–H groups in total. The number of aryl methyl sites for hydroxylation is 1. The minimum atomic E-state index is -0.241. The van der Waals surface area contributed by atoms with Crippen molar-refractivity contribution in [2.75, 3.05) is 6.54 Å². The maximum absolute atomic E-state index is 13.1. The highest BCUT2D eigenvalue weighted by molar-refractivity contribution is 5.59. The molecule has 0 aliphatic carbocycles. The molecule has 1 heterocycles. The number of hydrogen-bond donors (Lipinski definition) is 1. The first-order valence-corrected chi connectivity index (χ1v) is 7.24. The molecule has 3 nitrogen and oxygen atoms in total. The number of aromatic nitrogens is 2. The Morgan fingerprint density at radius 3 is 2.41 bits per heavy atom. The highest BCUT2D eigenvalue weighted by atomic mass is 19.1. The van der Waals surface area contributed by atoms with E-state index in [0.29, 0.717) is 6.54 Å². The zero-order valence-electron chi connectivity index (χ0n) is 12.4. The zero-order chi connectivity index (χ0) is 15.5. The van der Waals surface area contributed by atoms with Gasteiger partial charge in [0.15, 0.2) is 0 Å². The Kier molecular flexibility index (Phi) is 4.02. The summed E-state index contributed by atoms with van der Waals surface area (Å²) in [5, 5.41) is 4.58. The third-order valence-electron chi connectivity index (χ3n) is 3.85. The van der Waals surface area contributed by atoms with Gasteiger partial charge in [-0.3, -0.25) is 4.68 Å². The molecule has 0 saturated heterocycles. The summed E-state index contributed by atoms with van der Waals surface area (Å²) in [5.74, 6) is -0.245. The van der Waals surface area contributed by atoms with Crippen LogP contribution in [0.25, 0.3) is 11.3 Å². The van der Waals surface area contributed by atoms with Crippen LogP contribution in [0.2, 0.25) is 0 Å². The normalized spacial score (nSPS) is 12.3. The van der Waals surface area contributed by atoms with Crippen LogP contribution in [0.15, 0.2) is 60.7 Å². The van der Waals surface area contributed by atoms with Crippen molar-refractivity contribution in [2.45, 2.75) is 5.92 Å². The molecule has 3 rings (SSSR count). The predicted octanol–water partition coefficient (Wildman–Crippen LogP) is 3.32. The fourth-order valence-corrected chi connectivity index (χ4v) is 2.68. The molecule has 1 unspecified atom stereocenters. The van der Waals surface area contributed by atoms with E-state index in [1.807, 2.05) is 42.1 Å². The van der Waals surface area contributed by atoms with Gasteiger partial charge in [-0.1, -0.05) is 42.5 Å². The molecule has 0 fully saturated rings. The smallest absolute Gasteiger partial charge is 0.123 e. The second-order valence-corrected chi connectivity index (χ2v) is 5.28. The molecule has 0 bridgehead atoms. The summed E-state index contributed by atoms with van der Waals surface area (Å²) >= 11 is 0. The van der Waals surface area contributed by atoms with Crippen LogP contribution < -0.4 is 5.73 Å². The number of rotatable bonds is 4. The van der Waals surface area contributed by atoms with E-state index in [2.05, 4.69) is 11.2 Å². The second-order valence-electron chi connectivity index (χ2n) is 5.28. The Hall–Kier alpha value is -2.46. The van der Waals surface area contributed by atoms with Crippen molar-refractivity contribution in [2.24, 2.45) is 12.8 Å². The molecule has 112 valence electrons. The number of benzene rings is 2. The topological polar surface area (TPSA) is 43.8 Å². The molecule has 0 aliphatic heterocycles. The summed E-state index contributed by atoms with van der Waals surface area (Å²) in [5.41, 5.74) is 9.95. The van der Waals surface area contributed by atoms with Crippen molar-refractivity contribution in [3.63, 3.8) is 0 Å². The van der Waals surface area contributed by atoms with Crippen LogP contribution in [0.3, 0.4) is 0 Å². The van der Waals surface area contributed by atoms with E-state index >= 15 is 0 Å². The Balaban J connectivity index is 1.99. The highest BCUT2D eigenvalue weighted by Crippen LogP contribution is 2.27. The predicted molar refractivity (Wildman–Crippen MR) is 85.9 cm³/mol. The van der Waals surface area contributed by atoms with Gasteiger partial charge in [0.2, 0.25) is 0 Å². The molecule has 0 spiro atoms. The minimum Gasteiger partial charge on any atom is -0.329 e. The highest BCUT2D eigenvalue weighted by Gasteiger charge is 2.18. The summed E-state index contributed by atoms with van der Waals surface area (Å²) < 4.78 is 15.0. The lowest BCUT2D eigenvalue weighted by atomic mass is 9.95. The van der Waals surface area contributed by atoms with E-state index in [4.69, 9.17) is 5.73 Å². The largest absolute Gasteiger partial charge is 0.329 e. The third kappa shape index (κ3) is 2.78. The third-order valence-corrected chi connectivity index (χ3v) is 3.85. The fourth-order valence-electron chi connectivity index (χ4n) is 2.68. The molecule has 0 radical (unpaired) electrons. The van der Waals surface area contributed by atoms with Gasteiger partial charge in [0.05, 0.1) is 5.69 Å². The first kappa shape index (κ1) is 14.5. The molecular formula is C18H18FN3. The Morgan fingerprint density at radius 2 is 1.77 bits per heavy atom. The maximum Gasteiger partial charge on any atom is 0.123 e. The molecule has 0 saturated carbocycles. The number of halogens is 1. The van der Waals surface area contributed by atoms with Gasteiger partial charge in [0, 0.05) is 30.8 Å². The zero-order valence-corrected chi connectivity index (χ0v) is 12.4. The first-order valence-electron chi connectivity index (χ1n) is 7.24. The molecule has 2 aromatic carbocycles. The van der Waals surface area contributed by atoms with Gasteiger partial charge >= 0.3 is 0 Å². The molecule has 4 heteroatoms. The SMILES string of the molecule is Cn1nc(-c2ccccc2)cc1C(CN)c1ccc(F)cc1. The quantitative estimate of drug-likeness (QED) is 0.802. The molecule has 0 aliphatic rings. The van der Waals surface area contributed by atoms with Crippen molar-refractivity contribution in [1.82, 2.24) is 9.78 Å². The van der Waals surface area contributed by atoms with E-state index in [-0.39, 0.29) is 11.7 Å². The molecule has 1 aromatic heterocycles. The summed E-state index contributed by atoms with van der Waals surface area (Å²) in [4.78, 5) is 0. The van der Waals surface area contributed by atoms with Crippen molar-refractivity contribution < 1.29 is 4.39 Å². The van der Waals surface area contributed by atoms with Crippen molar-refractivity contribution >= 4 is 0 Å².